The van der Waals surface area contributed by atoms with Crippen LogP contribution in [-0.4, -0.2) is 39.3 Å². The van der Waals surface area contributed by atoms with Crippen molar-refractivity contribution >= 4 is 23.5 Å². The first-order chi connectivity index (χ1) is 8.54. The van der Waals surface area contributed by atoms with E-state index >= 15 is 0 Å². The molecule has 1 fully saturated rings. The summed E-state index contributed by atoms with van der Waals surface area (Å²) in [5.74, 6) is -0.191. The van der Waals surface area contributed by atoms with Gasteiger partial charge in [0, 0.05) is 6.54 Å². The number of urea groups is 1. The molecule has 0 N–H and O–H groups in total. The molecule has 1 saturated heterocycles. The van der Waals surface area contributed by atoms with Crippen LogP contribution in [0, 0.1) is 0 Å². The first-order valence-corrected chi connectivity index (χ1v) is 6.15. The van der Waals surface area contributed by atoms with Crippen LogP contribution in [0.3, 0.4) is 0 Å². The van der Waals surface area contributed by atoms with Crippen molar-refractivity contribution in [2.75, 3.05) is 6.54 Å². The van der Waals surface area contributed by atoms with Crippen molar-refractivity contribution < 1.29 is 9.59 Å². The van der Waals surface area contributed by atoms with Gasteiger partial charge in [-0.05, 0) is 26.0 Å². The normalized spacial score (nSPS) is 19.8. The second-order valence-corrected chi connectivity index (χ2v) is 4.51. The molecule has 0 aliphatic carbocycles. The van der Waals surface area contributed by atoms with E-state index < -0.39 is 6.04 Å². The van der Waals surface area contributed by atoms with E-state index in [9.17, 15) is 9.59 Å². The maximum Gasteiger partial charge on any atom is 0.327 e. The summed E-state index contributed by atoms with van der Waals surface area (Å²) < 4.78 is 0. The molecule has 6 heteroatoms. The quantitative estimate of drug-likeness (QED) is 0.621. The first-order valence-electron chi connectivity index (χ1n) is 5.78. The maximum absolute atomic E-state index is 12.0. The Labute approximate surface area is 110 Å². The van der Waals surface area contributed by atoms with Crippen LogP contribution in [0.4, 0.5) is 4.79 Å². The van der Waals surface area contributed by atoms with Crippen LogP contribution in [-0.2, 0) is 11.3 Å². The van der Waals surface area contributed by atoms with Gasteiger partial charge in [-0.2, -0.15) is 0 Å². The fourth-order valence-corrected chi connectivity index (χ4v) is 2.21. The molecule has 1 aromatic rings. The average molecular weight is 268 g/mol. The zero-order chi connectivity index (χ0) is 13.3. The molecule has 2 heterocycles. The fraction of sp³-hybridized carbons (Fsp3) is 0.417. The van der Waals surface area contributed by atoms with E-state index in [0.717, 1.165) is 0 Å². The van der Waals surface area contributed by atoms with E-state index in [1.54, 1.807) is 25.1 Å². The summed E-state index contributed by atoms with van der Waals surface area (Å²) in [6.07, 6.45) is 0. The molecule has 5 nitrogen and oxygen atoms in total. The Morgan fingerprint density at radius 2 is 2.11 bits per heavy atom. The minimum Gasteiger partial charge on any atom is -0.313 e. The highest BCUT2D eigenvalue weighted by atomic mass is 35.5. The van der Waals surface area contributed by atoms with Gasteiger partial charge in [-0.3, -0.25) is 9.69 Å². The molecule has 1 aliphatic rings. The number of pyridine rings is 1. The van der Waals surface area contributed by atoms with Crippen LogP contribution in [0.25, 0.3) is 0 Å². The van der Waals surface area contributed by atoms with Crippen LogP contribution >= 0.6 is 11.6 Å². The highest BCUT2D eigenvalue weighted by Crippen LogP contribution is 2.19. The lowest BCUT2D eigenvalue weighted by molar-refractivity contribution is -0.128. The maximum atomic E-state index is 12.0. The summed E-state index contributed by atoms with van der Waals surface area (Å²) in [5.41, 5.74) is 0.606. The zero-order valence-electron chi connectivity index (χ0n) is 10.3. The smallest absolute Gasteiger partial charge is 0.313 e. The third-order valence-corrected chi connectivity index (χ3v) is 3.21. The average Bonchev–Trinajstić information content (AvgIpc) is 2.53. The minimum absolute atomic E-state index is 0.166. The molecule has 18 heavy (non-hydrogen) atoms. The van der Waals surface area contributed by atoms with Crippen LogP contribution in [0.1, 0.15) is 19.5 Å². The second kappa shape index (κ2) is 4.94. The standard InChI is InChI=1S/C12H14ClN3O2/c1-3-15-8(2)11(17)16(12(15)18)7-9-5-4-6-10(13)14-9/h4-6,8H,3,7H2,1-2H3. The van der Waals surface area contributed by atoms with Crippen LogP contribution < -0.4 is 0 Å². The molecule has 0 bridgehead atoms. The zero-order valence-corrected chi connectivity index (χ0v) is 11.0. The minimum atomic E-state index is -0.401. The molecule has 1 aromatic heterocycles. The summed E-state index contributed by atoms with van der Waals surface area (Å²) in [5, 5.41) is 0.354. The summed E-state index contributed by atoms with van der Waals surface area (Å²) >= 11 is 5.78. The van der Waals surface area contributed by atoms with Crippen molar-refractivity contribution in [1.82, 2.24) is 14.8 Å². The predicted molar refractivity (Wildman–Crippen MR) is 67.0 cm³/mol. The van der Waals surface area contributed by atoms with Gasteiger partial charge in [0.2, 0.25) is 0 Å². The fourth-order valence-electron chi connectivity index (χ4n) is 2.03. The number of imide groups is 1. The lowest BCUT2D eigenvalue weighted by Crippen LogP contribution is -2.33. The molecule has 0 aromatic carbocycles. The number of hydrogen-bond donors (Lipinski definition) is 0. The Morgan fingerprint density at radius 1 is 1.39 bits per heavy atom. The van der Waals surface area contributed by atoms with E-state index in [2.05, 4.69) is 4.98 Å². The Balaban J connectivity index is 2.19. The highest BCUT2D eigenvalue weighted by molar-refractivity contribution is 6.29. The Morgan fingerprint density at radius 3 is 2.67 bits per heavy atom. The summed E-state index contributed by atoms with van der Waals surface area (Å²) in [7, 11) is 0. The largest absolute Gasteiger partial charge is 0.327 e. The van der Waals surface area contributed by atoms with E-state index in [4.69, 9.17) is 11.6 Å². The Hall–Kier alpha value is -1.62. The number of aromatic nitrogens is 1. The number of carbonyl (C=O) groups is 2. The molecule has 0 spiro atoms. The number of carbonyl (C=O) groups excluding carboxylic acids is 2. The lowest BCUT2D eigenvalue weighted by Gasteiger charge is -2.16. The molecule has 0 radical (unpaired) electrons. The van der Waals surface area contributed by atoms with Crippen LogP contribution in [0.5, 0.6) is 0 Å². The molecule has 2 rings (SSSR count). The molecule has 1 atom stereocenters. The molecule has 1 aliphatic heterocycles. The molecular weight excluding hydrogens is 254 g/mol. The van der Waals surface area contributed by atoms with E-state index in [1.165, 1.54) is 9.80 Å². The van der Waals surface area contributed by atoms with Gasteiger partial charge in [0.1, 0.15) is 11.2 Å². The molecule has 96 valence electrons. The molecule has 3 amide bonds. The third kappa shape index (κ3) is 2.18. The monoisotopic (exact) mass is 267 g/mol. The SMILES string of the molecule is CCN1C(=O)N(Cc2cccc(Cl)n2)C(=O)C1C. The van der Waals surface area contributed by atoms with Crippen LogP contribution in [0.15, 0.2) is 18.2 Å². The van der Waals surface area contributed by atoms with Crippen molar-refractivity contribution in [3.8, 4) is 0 Å². The predicted octanol–water partition coefficient (Wildman–Crippen LogP) is 1.91. The number of halogens is 1. The topological polar surface area (TPSA) is 53.5 Å². The number of likely N-dealkylation sites (N-methyl/N-ethyl adjacent to an activating group) is 1. The van der Waals surface area contributed by atoms with Crippen molar-refractivity contribution in [1.29, 1.82) is 0 Å². The number of rotatable bonds is 3. The van der Waals surface area contributed by atoms with Gasteiger partial charge < -0.3 is 4.90 Å². The summed E-state index contributed by atoms with van der Waals surface area (Å²) in [6, 6.07) is 4.47. The van der Waals surface area contributed by atoms with Crippen molar-refractivity contribution in [2.45, 2.75) is 26.4 Å². The Bertz CT molecular complexity index is 492. The van der Waals surface area contributed by atoms with E-state index in [0.29, 0.717) is 17.4 Å². The molecule has 1 unspecified atom stereocenters. The van der Waals surface area contributed by atoms with E-state index in [-0.39, 0.29) is 18.5 Å². The number of nitrogens with zero attached hydrogens (tertiary/aromatic N) is 3. The van der Waals surface area contributed by atoms with Crippen LogP contribution in [0.2, 0.25) is 5.15 Å². The number of amides is 3. The van der Waals surface area contributed by atoms with Crippen molar-refractivity contribution in [3.63, 3.8) is 0 Å². The van der Waals surface area contributed by atoms with Gasteiger partial charge in [-0.1, -0.05) is 17.7 Å². The molecule has 0 saturated carbocycles. The summed E-state index contributed by atoms with van der Waals surface area (Å²) in [4.78, 5) is 30.8. The van der Waals surface area contributed by atoms with Gasteiger partial charge in [0.25, 0.3) is 5.91 Å². The van der Waals surface area contributed by atoms with Gasteiger partial charge in [-0.25, -0.2) is 9.78 Å². The van der Waals surface area contributed by atoms with Crippen molar-refractivity contribution in [2.24, 2.45) is 0 Å². The number of hydrogen-bond acceptors (Lipinski definition) is 3. The first kappa shape index (κ1) is 12.8. The van der Waals surface area contributed by atoms with E-state index in [1.807, 2.05) is 6.92 Å². The Kier molecular flexibility index (Phi) is 3.52. The third-order valence-electron chi connectivity index (χ3n) is 3.00. The van der Waals surface area contributed by atoms with Crippen molar-refractivity contribution in [3.05, 3.63) is 29.0 Å². The van der Waals surface area contributed by atoms with Gasteiger partial charge >= 0.3 is 6.03 Å². The summed E-state index contributed by atoms with van der Waals surface area (Å²) in [6.45, 7) is 4.27. The highest BCUT2D eigenvalue weighted by Gasteiger charge is 2.41. The van der Waals surface area contributed by atoms with Gasteiger partial charge in [-0.15, -0.1) is 0 Å². The lowest BCUT2D eigenvalue weighted by atomic mass is 10.3. The van der Waals surface area contributed by atoms with Gasteiger partial charge in [0.15, 0.2) is 0 Å². The second-order valence-electron chi connectivity index (χ2n) is 4.12. The van der Waals surface area contributed by atoms with Gasteiger partial charge in [0.05, 0.1) is 12.2 Å². The molecular formula is C12H14ClN3O2.